The van der Waals surface area contributed by atoms with Gasteiger partial charge in [-0.1, -0.05) is 28.1 Å². The summed E-state index contributed by atoms with van der Waals surface area (Å²) in [4.78, 5) is 10.7. The van der Waals surface area contributed by atoms with E-state index in [-0.39, 0.29) is 6.04 Å². The quantitative estimate of drug-likeness (QED) is 0.885. The Hall–Kier alpha value is -0.870. The van der Waals surface area contributed by atoms with E-state index in [4.69, 9.17) is 5.11 Å². The molecule has 82 valence electrons. The Morgan fingerprint density at radius 3 is 2.67 bits per heavy atom. The van der Waals surface area contributed by atoms with Crippen LogP contribution in [0.25, 0.3) is 0 Å². The van der Waals surface area contributed by atoms with Gasteiger partial charge < -0.3 is 5.11 Å². The molecule has 0 saturated heterocycles. The molecule has 0 fully saturated rings. The third-order valence-corrected chi connectivity index (χ3v) is 2.71. The van der Waals surface area contributed by atoms with Crippen LogP contribution in [0.4, 0.5) is 0 Å². The number of carboxylic acid groups (broad SMARTS) is 1. The zero-order chi connectivity index (χ0) is 11.4. The summed E-state index contributed by atoms with van der Waals surface area (Å²) >= 11 is 3.38. The standard InChI is InChI=1S/C11H14BrNO2/c1-7(13-8(2)11(14)15)9-4-3-5-10(12)6-9/h3-8,13H,1-2H3,(H,14,15)/t7-,8?/m1/s1. The van der Waals surface area contributed by atoms with Crippen molar-refractivity contribution in [1.29, 1.82) is 0 Å². The zero-order valence-electron chi connectivity index (χ0n) is 8.70. The predicted octanol–water partition coefficient (Wildman–Crippen LogP) is 2.57. The van der Waals surface area contributed by atoms with Gasteiger partial charge in [0.15, 0.2) is 0 Å². The summed E-state index contributed by atoms with van der Waals surface area (Å²) in [6.07, 6.45) is 0. The molecule has 0 radical (unpaired) electrons. The second-order valence-corrected chi connectivity index (χ2v) is 4.42. The lowest BCUT2D eigenvalue weighted by Gasteiger charge is -2.17. The molecule has 1 aromatic rings. The molecule has 0 spiro atoms. The van der Waals surface area contributed by atoms with Crippen molar-refractivity contribution in [2.75, 3.05) is 0 Å². The van der Waals surface area contributed by atoms with Crippen LogP contribution in [0.15, 0.2) is 28.7 Å². The highest BCUT2D eigenvalue weighted by Crippen LogP contribution is 2.18. The first kappa shape index (κ1) is 12.2. The van der Waals surface area contributed by atoms with Crippen molar-refractivity contribution >= 4 is 21.9 Å². The first-order valence-electron chi connectivity index (χ1n) is 4.75. The highest BCUT2D eigenvalue weighted by atomic mass is 79.9. The largest absolute Gasteiger partial charge is 0.480 e. The van der Waals surface area contributed by atoms with E-state index in [0.717, 1.165) is 10.0 Å². The normalized spacial score (nSPS) is 14.6. The van der Waals surface area contributed by atoms with E-state index in [0.29, 0.717) is 0 Å². The molecule has 15 heavy (non-hydrogen) atoms. The number of hydrogen-bond acceptors (Lipinski definition) is 2. The maximum Gasteiger partial charge on any atom is 0.320 e. The number of halogens is 1. The van der Waals surface area contributed by atoms with E-state index in [1.165, 1.54) is 0 Å². The van der Waals surface area contributed by atoms with E-state index in [9.17, 15) is 4.79 Å². The van der Waals surface area contributed by atoms with Gasteiger partial charge in [-0.3, -0.25) is 10.1 Å². The molecule has 0 aromatic heterocycles. The van der Waals surface area contributed by atoms with Gasteiger partial charge in [0.25, 0.3) is 0 Å². The lowest BCUT2D eigenvalue weighted by atomic mass is 10.1. The SMILES string of the molecule is CC(N[C@H](C)c1cccc(Br)c1)C(=O)O. The average Bonchev–Trinajstić information content (AvgIpc) is 2.17. The van der Waals surface area contributed by atoms with Gasteiger partial charge in [-0.25, -0.2) is 0 Å². The highest BCUT2D eigenvalue weighted by Gasteiger charge is 2.14. The van der Waals surface area contributed by atoms with Crippen LogP contribution in [0.5, 0.6) is 0 Å². The summed E-state index contributed by atoms with van der Waals surface area (Å²) < 4.78 is 0.997. The zero-order valence-corrected chi connectivity index (χ0v) is 10.3. The number of benzene rings is 1. The van der Waals surface area contributed by atoms with Crippen molar-refractivity contribution in [3.63, 3.8) is 0 Å². The van der Waals surface area contributed by atoms with Gasteiger partial charge in [-0.15, -0.1) is 0 Å². The van der Waals surface area contributed by atoms with Gasteiger partial charge in [0, 0.05) is 10.5 Å². The van der Waals surface area contributed by atoms with Gasteiger partial charge in [-0.2, -0.15) is 0 Å². The summed E-state index contributed by atoms with van der Waals surface area (Å²) in [5.41, 5.74) is 1.07. The van der Waals surface area contributed by atoms with Crippen molar-refractivity contribution in [3.8, 4) is 0 Å². The molecule has 0 saturated carbocycles. The summed E-state index contributed by atoms with van der Waals surface area (Å²) in [5, 5.41) is 11.8. The molecule has 4 heteroatoms. The van der Waals surface area contributed by atoms with Gasteiger partial charge in [0.2, 0.25) is 0 Å². The molecule has 3 nitrogen and oxygen atoms in total. The molecule has 0 amide bonds. The Bertz CT molecular complexity index is 354. The first-order chi connectivity index (χ1) is 7.00. The Morgan fingerprint density at radius 2 is 2.13 bits per heavy atom. The predicted molar refractivity (Wildman–Crippen MR) is 62.8 cm³/mol. The topological polar surface area (TPSA) is 49.3 Å². The minimum Gasteiger partial charge on any atom is -0.480 e. The highest BCUT2D eigenvalue weighted by molar-refractivity contribution is 9.10. The van der Waals surface area contributed by atoms with Crippen LogP contribution in [0.3, 0.4) is 0 Å². The van der Waals surface area contributed by atoms with E-state index in [1.807, 2.05) is 31.2 Å². The minimum atomic E-state index is -0.836. The van der Waals surface area contributed by atoms with Gasteiger partial charge in [0.05, 0.1) is 0 Å². The van der Waals surface area contributed by atoms with Crippen molar-refractivity contribution < 1.29 is 9.90 Å². The Labute approximate surface area is 97.6 Å². The summed E-state index contributed by atoms with van der Waals surface area (Å²) in [6.45, 7) is 3.58. The van der Waals surface area contributed by atoms with Crippen LogP contribution >= 0.6 is 15.9 Å². The second kappa shape index (κ2) is 5.28. The number of nitrogens with one attached hydrogen (secondary N) is 1. The van der Waals surface area contributed by atoms with Crippen molar-refractivity contribution in [3.05, 3.63) is 34.3 Å². The van der Waals surface area contributed by atoms with Crippen LogP contribution < -0.4 is 5.32 Å². The fraction of sp³-hybridized carbons (Fsp3) is 0.364. The maximum atomic E-state index is 10.7. The molecule has 0 aliphatic heterocycles. The van der Waals surface area contributed by atoms with Crippen LogP contribution in [0.2, 0.25) is 0 Å². The van der Waals surface area contributed by atoms with Crippen LogP contribution in [-0.2, 0) is 4.79 Å². The summed E-state index contributed by atoms with van der Waals surface area (Å²) in [6, 6.07) is 7.30. The van der Waals surface area contributed by atoms with E-state index in [1.54, 1.807) is 6.92 Å². The van der Waals surface area contributed by atoms with Gasteiger partial charge in [-0.05, 0) is 31.5 Å². The number of hydrogen-bond donors (Lipinski definition) is 2. The molecule has 0 heterocycles. The fourth-order valence-corrected chi connectivity index (χ4v) is 1.74. The maximum absolute atomic E-state index is 10.7. The molecule has 0 aliphatic carbocycles. The number of rotatable bonds is 4. The van der Waals surface area contributed by atoms with Crippen LogP contribution in [-0.4, -0.2) is 17.1 Å². The molecule has 2 atom stereocenters. The second-order valence-electron chi connectivity index (χ2n) is 3.50. The van der Waals surface area contributed by atoms with E-state index in [2.05, 4.69) is 21.2 Å². The monoisotopic (exact) mass is 271 g/mol. The molecular weight excluding hydrogens is 258 g/mol. The average molecular weight is 272 g/mol. The lowest BCUT2D eigenvalue weighted by molar-refractivity contribution is -0.139. The molecule has 2 N–H and O–H groups in total. The van der Waals surface area contributed by atoms with Gasteiger partial charge >= 0.3 is 5.97 Å². The molecular formula is C11H14BrNO2. The Kier molecular flexibility index (Phi) is 4.29. The van der Waals surface area contributed by atoms with Crippen LogP contribution in [0, 0.1) is 0 Å². The molecule has 0 bridgehead atoms. The molecule has 1 aromatic carbocycles. The number of carbonyl (C=O) groups is 1. The number of aliphatic carboxylic acids is 1. The summed E-state index contributed by atoms with van der Waals surface area (Å²) in [7, 11) is 0. The van der Waals surface area contributed by atoms with Crippen LogP contribution in [0.1, 0.15) is 25.5 Å². The Balaban J connectivity index is 2.68. The smallest absolute Gasteiger partial charge is 0.320 e. The fourth-order valence-electron chi connectivity index (χ4n) is 1.32. The van der Waals surface area contributed by atoms with Gasteiger partial charge in [0.1, 0.15) is 6.04 Å². The van der Waals surface area contributed by atoms with E-state index < -0.39 is 12.0 Å². The molecule has 1 unspecified atom stereocenters. The molecule has 1 rings (SSSR count). The van der Waals surface area contributed by atoms with Crippen molar-refractivity contribution in [2.45, 2.75) is 25.9 Å². The third kappa shape index (κ3) is 3.64. The summed E-state index contributed by atoms with van der Waals surface area (Å²) in [5.74, 6) is -0.836. The Morgan fingerprint density at radius 1 is 1.47 bits per heavy atom. The van der Waals surface area contributed by atoms with Crippen molar-refractivity contribution in [1.82, 2.24) is 5.32 Å². The number of carboxylic acids is 1. The minimum absolute atomic E-state index is 0.0219. The van der Waals surface area contributed by atoms with E-state index >= 15 is 0 Å². The molecule has 0 aliphatic rings. The van der Waals surface area contributed by atoms with Crippen molar-refractivity contribution in [2.24, 2.45) is 0 Å². The first-order valence-corrected chi connectivity index (χ1v) is 5.54. The third-order valence-electron chi connectivity index (χ3n) is 2.22. The lowest BCUT2D eigenvalue weighted by Crippen LogP contribution is -2.35.